The number of amides is 1. The van der Waals surface area contributed by atoms with Crippen LogP contribution in [-0.4, -0.2) is 40.0 Å². The molecule has 1 atom stereocenters. The van der Waals surface area contributed by atoms with E-state index in [2.05, 4.69) is 5.10 Å². The molecule has 0 saturated carbocycles. The summed E-state index contributed by atoms with van der Waals surface area (Å²) in [6, 6.07) is 8.68. The molecule has 1 unspecified atom stereocenters. The molecule has 0 spiro atoms. The molecule has 0 radical (unpaired) electrons. The van der Waals surface area contributed by atoms with Gasteiger partial charge in [0, 0.05) is 6.54 Å². The summed E-state index contributed by atoms with van der Waals surface area (Å²) in [6.07, 6.45) is 1.19. The van der Waals surface area contributed by atoms with Gasteiger partial charge in [-0.15, -0.1) is 0 Å². The second-order valence-electron chi connectivity index (χ2n) is 8.06. The predicted octanol–water partition coefficient (Wildman–Crippen LogP) is 4.03. The lowest BCUT2D eigenvalue weighted by Crippen LogP contribution is -2.37. The smallest absolute Gasteiger partial charge is 0.410 e. The van der Waals surface area contributed by atoms with Crippen LogP contribution in [0.25, 0.3) is 0 Å². The summed E-state index contributed by atoms with van der Waals surface area (Å²) < 4.78 is 12.0. The van der Waals surface area contributed by atoms with Gasteiger partial charge in [0.05, 0.1) is 25.4 Å². The highest BCUT2D eigenvalue weighted by atomic mass is 35.5. The molecule has 1 aromatic carbocycles. The number of halogens is 1. The van der Waals surface area contributed by atoms with Crippen molar-refractivity contribution in [3.05, 3.63) is 57.0 Å². The fourth-order valence-electron chi connectivity index (χ4n) is 3.32. The Morgan fingerprint density at radius 2 is 1.97 bits per heavy atom. The Morgan fingerprint density at radius 1 is 1.28 bits per heavy atom. The predicted molar refractivity (Wildman–Crippen MR) is 111 cm³/mol. The normalized spacial score (nSPS) is 16.7. The van der Waals surface area contributed by atoms with Crippen molar-refractivity contribution in [2.45, 2.75) is 51.8 Å². The quantitative estimate of drug-likeness (QED) is 0.748. The van der Waals surface area contributed by atoms with E-state index in [1.807, 2.05) is 45.0 Å². The van der Waals surface area contributed by atoms with Gasteiger partial charge in [0.25, 0.3) is 5.56 Å². The molecule has 2 heterocycles. The highest BCUT2D eigenvalue weighted by molar-refractivity contribution is 6.30. The van der Waals surface area contributed by atoms with E-state index in [0.717, 1.165) is 24.2 Å². The maximum absolute atomic E-state index is 12.6. The van der Waals surface area contributed by atoms with Crippen LogP contribution in [0.1, 0.15) is 50.9 Å². The van der Waals surface area contributed by atoms with Gasteiger partial charge in [0.15, 0.2) is 0 Å². The largest absolute Gasteiger partial charge is 0.497 e. The average molecular weight is 420 g/mol. The Kier molecular flexibility index (Phi) is 6.17. The van der Waals surface area contributed by atoms with E-state index in [-0.39, 0.29) is 29.3 Å². The van der Waals surface area contributed by atoms with Crippen LogP contribution in [0, 0.1) is 0 Å². The Morgan fingerprint density at radius 3 is 2.59 bits per heavy atom. The van der Waals surface area contributed by atoms with Crippen molar-refractivity contribution < 1.29 is 14.3 Å². The molecule has 156 valence electrons. The fourth-order valence-corrected chi connectivity index (χ4v) is 3.53. The van der Waals surface area contributed by atoms with Crippen molar-refractivity contribution in [3.63, 3.8) is 0 Å². The molecular formula is C21H26ClN3O4. The van der Waals surface area contributed by atoms with E-state index < -0.39 is 5.60 Å². The monoisotopic (exact) mass is 419 g/mol. The lowest BCUT2D eigenvalue weighted by molar-refractivity contribution is 0.0220. The summed E-state index contributed by atoms with van der Waals surface area (Å²) in [5.74, 6) is 0.736. The zero-order valence-electron chi connectivity index (χ0n) is 17.1. The molecule has 1 fully saturated rings. The first-order valence-electron chi connectivity index (χ1n) is 9.58. The minimum absolute atomic E-state index is 0.0829. The molecule has 1 saturated heterocycles. The zero-order valence-corrected chi connectivity index (χ0v) is 17.9. The Hall–Kier alpha value is -2.54. The number of ether oxygens (including phenoxy) is 2. The summed E-state index contributed by atoms with van der Waals surface area (Å²) >= 11 is 6.22. The molecule has 7 nitrogen and oxygen atoms in total. The highest BCUT2D eigenvalue weighted by Gasteiger charge is 2.34. The molecule has 29 heavy (non-hydrogen) atoms. The van der Waals surface area contributed by atoms with Crippen molar-refractivity contribution in [1.29, 1.82) is 0 Å². The van der Waals surface area contributed by atoms with Gasteiger partial charge in [-0.2, -0.15) is 5.10 Å². The molecule has 1 aliphatic heterocycles. The molecule has 1 aromatic heterocycles. The first-order chi connectivity index (χ1) is 13.7. The van der Waals surface area contributed by atoms with Gasteiger partial charge in [0.2, 0.25) is 0 Å². The standard InChI is InChI=1S/C21H26ClN3O4/c1-21(2,3)29-20(27)24-11-5-6-18(24)17-12-16(22)19(26)25(23-17)13-14-7-9-15(28-4)10-8-14/h7-10,12,18H,5-6,11,13H2,1-4H3. The lowest BCUT2D eigenvalue weighted by atomic mass is 10.1. The number of hydrogen-bond acceptors (Lipinski definition) is 5. The maximum atomic E-state index is 12.6. The number of methoxy groups -OCH3 is 1. The average Bonchev–Trinajstić information content (AvgIpc) is 3.14. The second kappa shape index (κ2) is 8.45. The zero-order chi connectivity index (χ0) is 21.2. The maximum Gasteiger partial charge on any atom is 0.410 e. The Bertz CT molecular complexity index is 934. The van der Waals surface area contributed by atoms with Crippen LogP contribution in [0.3, 0.4) is 0 Å². The molecule has 0 bridgehead atoms. The lowest BCUT2D eigenvalue weighted by Gasteiger charge is -2.28. The van der Waals surface area contributed by atoms with Crippen LogP contribution in [0.4, 0.5) is 4.79 Å². The van der Waals surface area contributed by atoms with Gasteiger partial charge in [-0.1, -0.05) is 23.7 Å². The van der Waals surface area contributed by atoms with Crippen LogP contribution >= 0.6 is 11.6 Å². The first kappa shape index (κ1) is 21.2. The third kappa shape index (κ3) is 5.09. The molecular weight excluding hydrogens is 394 g/mol. The molecule has 1 amide bonds. The van der Waals surface area contributed by atoms with E-state index in [0.29, 0.717) is 12.2 Å². The van der Waals surface area contributed by atoms with Gasteiger partial charge >= 0.3 is 6.09 Å². The topological polar surface area (TPSA) is 73.7 Å². The van der Waals surface area contributed by atoms with Crippen molar-refractivity contribution in [2.75, 3.05) is 13.7 Å². The number of carbonyl (C=O) groups excluding carboxylic acids is 1. The van der Waals surface area contributed by atoms with E-state index >= 15 is 0 Å². The van der Waals surface area contributed by atoms with Crippen LogP contribution in [0.2, 0.25) is 5.02 Å². The van der Waals surface area contributed by atoms with Crippen LogP contribution < -0.4 is 10.3 Å². The SMILES string of the molecule is COc1ccc(Cn2nc(C3CCCN3C(=O)OC(C)(C)C)cc(Cl)c2=O)cc1. The number of aromatic nitrogens is 2. The van der Waals surface area contributed by atoms with Crippen molar-refractivity contribution in [1.82, 2.24) is 14.7 Å². The van der Waals surface area contributed by atoms with Gasteiger partial charge in [-0.05, 0) is 57.4 Å². The summed E-state index contributed by atoms with van der Waals surface area (Å²) in [4.78, 5) is 26.8. The Balaban J connectivity index is 1.87. The fraction of sp³-hybridized carbons (Fsp3) is 0.476. The summed E-state index contributed by atoms with van der Waals surface area (Å²) in [6.45, 7) is 6.35. The summed E-state index contributed by atoms with van der Waals surface area (Å²) in [7, 11) is 1.60. The molecule has 1 aliphatic rings. The summed E-state index contributed by atoms with van der Waals surface area (Å²) in [5, 5.41) is 4.60. The number of hydrogen-bond donors (Lipinski definition) is 0. The van der Waals surface area contributed by atoms with Crippen LogP contribution in [0.15, 0.2) is 35.1 Å². The number of carbonyl (C=O) groups is 1. The molecule has 2 aromatic rings. The third-order valence-corrected chi connectivity index (χ3v) is 4.93. The van der Waals surface area contributed by atoms with Gasteiger partial charge in [0.1, 0.15) is 16.4 Å². The Labute approximate surface area is 175 Å². The number of likely N-dealkylation sites (tertiary alicyclic amines) is 1. The van der Waals surface area contributed by atoms with Gasteiger partial charge in [-0.3, -0.25) is 9.69 Å². The van der Waals surface area contributed by atoms with E-state index in [4.69, 9.17) is 21.1 Å². The molecule has 3 rings (SSSR count). The van der Waals surface area contributed by atoms with Gasteiger partial charge < -0.3 is 9.47 Å². The van der Waals surface area contributed by atoms with Crippen LogP contribution in [-0.2, 0) is 11.3 Å². The molecule has 8 heteroatoms. The highest BCUT2D eigenvalue weighted by Crippen LogP contribution is 2.32. The first-order valence-corrected chi connectivity index (χ1v) is 9.96. The number of rotatable bonds is 4. The van der Waals surface area contributed by atoms with E-state index in [1.54, 1.807) is 18.1 Å². The minimum atomic E-state index is -0.581. The second-order valence-corrected chi connectivity index (χ2v) is 8.47. The third-order valence-electron chi connectivity index (χ3n) is 4.66. The molecule has 0 aliphatic carbocycles. The van der Waals surface area contributed by atoms with Crippen molar-refractivity contribution in [2.24, 2.45) is 0 Å². The van der Waals surface area contributed by atoms with Crippen molar-refractivity contribution >= 4 is 17.7 Å². The van der Waals surface area contributed by atoms with E-state index in [1.165, 1.54) is 4.68 Å². The van der Waals surface area contributed by atoms with Crippen molar-refractivity contribution in [3.8, 4) is 5.75 Å². The van der Waals surface area contributed by atoms with Crippen LogP contribution in [0.5, 0.6) is 5.75 Å². The number of benzene rings is 1. The minimum Gasteiger partial charge on any atom is -0.497 e. The van der Waals surface area contributed by atoms with E-state index in [9.17, 15) is 9.59 Å². The molecule has 0 N–H and O–H groups in total. The van der Waals surface area contributed by atoms with Gasteiger partial charge in [-0.25, -0.2) is 9.48 Å². The number of nitrogens with zero attached hydrogens (tertiary/aromatic N) is 3. The summed E-state index contributed by atoms with van der Waals surface area (Å²) in [5.41, 5.74) is 0.534.